The lowest BCUT2D eigenvalue weighted by molar-refractivity contribution is 0.500. The standard InChI is InChI=1S/C16H25N5/c1-13(2)21-16(18-12-19-21)11-20(10-4-9-17)15-7-5-14(3)6-8-15/h5-8,12-13H,4,9-11,17H2,1-3H3. The molecule has 1 aromatic heterocycles. The van der Waals surface area contributed by atoms with Gasteiger partial charge in [0.25, 0.3) is 0 Å². The lowest BCUT2D eigenvalue weighted by Gasteiger charge is -2.25. The van der Waals surface area contributed by atoms with E-state index in [9.17, 15) is 0 Å². The summed E-state index contributed by atoms with van der Waals surface area (Å²) < 4.78 is 1.98. The third-order valence-corrected chi connectivity index (χ3v) is 3.50. The summed E-state index contributed by atoms with van der Waals surface area (Å²) >= 11 is 0. The molecule has 114 valence electrons. The molecule has 2 rings (SSSR count). The van der Waals surface area contributed by atoms with Crippen molar-refractivity contribution in [3.8, 4) is 0 Å². The second kappa shape index (κ2) is 7.22. The van der Waals surface area contributed by atoms with E-state index < -0.39 is 0 Å². The fourth-order valence-corrected chi connectivity index (χ4v) is 2.33. The third-order valence-electron chi connectivity index (χ3n) is 3.50. The maximum Gasteiger partial charge on any atom is 0.146 e. The summed E-state index contributed by atoms with van der Waals surface area (Å²) in [6.07, 6.45) is 2.59. The molecule has 0 saturated heterocycles. The molecule has 1 aromatic carbocycles. The van der Waals surface area contributed by atoms with E-state index in [2.05, 4.69) is 60.0 Å². The molecule has 2 aromatic rings. The molecule has 5 heteroatoms. The Labute approximate surface area is 126 Å². The molecule has 0 aliphatic carbocycles. The zero-order valence-corrected chi connectivity index (χ0v) is 13.2. The van der Waals surface area contributed by atoms with E-state index in [0.29, 0.717) is 12.6 Å². The average Bonchev–Trinajstić information content (AvgIpc) is 2.93. The van der Waals surface area contributed by atoms with Gasteiger partial charge in [0, 0.05) is 18.3 Å². The van der Waals surface area contributed by atoms with Crippen molar-refractivity contribution in [3.05, 3.63) is 42.0 Å². The molecule has 1 heterocycles. The molecule has 0 aliphatic heterocycles. The largest absolute Gasteiger partial charge is 0.364 e. The van der Waals surface area contributed by atoms with Crippen molar-refractivity contribution in [1.29, 1.82) is 0 Å². The van der Waals surface area contributed by atoms with Gasteiger partial charge < -0.3 is 10.6 Å². The van der Waals surface area contributed by atoms with E-state index in [1.54, 1.807) is 6.33 Å². The van der Waals surface area contributed by atoms with Crippen LogP contribution < -0.4 is 10.6 Å². The zero-order chi connectivity index (χ0) is 15.2. The van der Waals surface area contributed by atoms with Crippen LogP contribution in [-0.4, -0.2) is 27.9 Å². The van der Waals surface area contributed by atoms with Gasteiger partial charge >= 0.3 is 0 Å². The van der Waals surface area contributed by atoms with Crippen LogP contribution in [0.4, 0.5) is 5.69 Å². The summed E-state index contributed by atoms with van der Waals surface area (Å²) in [5.41, 5.74) is 8.14. The Hall–Kier alpha value is -1.88. The van der Waals surface area contributed by atoms with Gasteiger partial charge in [-0.05, 0) is 45.9 Å². The Morgan fingerprint density at radius 1 is 1.24 bits per heavy atom. The Morgan fingerprint density at radius 2 is 1.95 bits per heavy atom. The van der Waals surface area contributed by atoms with Crippen LogP contribution in [0.1, 0.15) is 37.7 Å². The summed E-state index contributed by atoms with van der Waals surface area (Å²) in [7, 11) is 0. The predicted octanol–water partition coefficient (Wildman–Crippen LogP) is 2.52. The molecule has 21 heavy (non-hydrogen) atoms. The van der Waals surface area contributed by atoms with Gasteiger partial charge in [0.15, 0.2) is 0 Å². The molecule has 0 saturated carbocycles. The Kier molecular flexibility index (Phi) is 5.33. The summed E-state index contributed by atoms with van der Waals surface area (Å²) in [6.45, 7) is 8.71. The van der Waals surface area contributed by atoms with Gasteiger partial charge in [0.2, 0.25) is 0 Å². The Morgan fingerprint density at radius 3 is 2.57 bits per heavy atom. The molecule has 0 atom stereocenters. The Bertz CT molecular complexity index is 544. The average molecular weight is 287 g/mol. The minimum atomic E-state index is 0.317. The molecule has 2 N–H and O–H groups in total. The number of rotatable bonds is 7. The molecule has 5 nitrogen and oxygen atoms in total. The molecule has 0 fully saturated rings. The van der Waals surface area contributed by atoms with Crippen LogP contribution in [0.15, 0.2) is 30.6 Å². The van der Waals surface area contributed by atoms with Crippen molar-refractivity contribution in [3.63, 3.8) is 0 Å². The first-order valence-electron chi connectivity index (χ1n) is 7.52. The number of nitrogens with two attached hydrogens (primary N) is 1. The van der Waals surface area contributed by atoms with Gasteiger partial charge in [-0.2, -0.15) is 5.10 Å². The van der Waals surface area contributed by atoms with E-state index in [1.165, 1.54) is 11.3 Å². The smallest absolute Gasteiger partial charge is 0.146 e. The van der Waals surface area contributed by atoms with Gasteiger partial charge in [-0.1, -0.05) is 17.7 Å². The number of nitrogens with zero attached hydrogens (tertiary/aromatic N) is 4. The molecule has 0 aliphatic rings. The minimum Gasteiger partial charge on any atom is -0.364 e. The number of aromatic nitrogens is 3. The summed E-state index contributed by atoms with van der Waals surface area (Å²) in [4.78, 5) is 6.72. The van der Waals surface area contributed by atoms with Crippen LogP contribution in [-0.2, 0) is 6.54 Å². The highest BCUT2D eigenvalue weighted by molar-refractivity contribution is 5.47. The number of anilines is 1. The minimum absolute atomic E-state index is 0.317. The lowest BCUT2D eigenvalue weighted by atomic mass is 10.2. The third kappa shape index (κ3) is 4.04. The molecule has 0 unspecified atom stereocenters. The highest BCUT2D eigenvalue weighted by Crippen LogP contribution is 2.18. The first kappa shape index (κ1) is 15.5. The van der Waals surface area contributed by atoms with Crippen LogP contribution in [0.5, 0.6) is 0 Å². The second-order valence-electron chi connectivity index (χ2n) is 5.61. The van der Waals surface area contributed by atoms with Gasteiger partial charge in [-0.3, -0.25) is 0 Å². The van der Waals surface area contributed by atoms with Gasteiger partial charge in [0.1, 0.15) is 12.2 Å². The van der Waals surface area contributed by atoms with Crippen molar-refractivity contribution in [1.82, 2.24) is 14.8 Å². The zero-order valence-electron chi connectivity index (χ0n) is 13.2. The SMILES string of the molecule is Cc1ccc(N(CCCN)Cc2ncnn2C(C)C)cc1. The topological polar surface area (TPSA) is 60.0 Å². The van der Waals surface area contributed by atoms with E-state index in [4.69, 9.17) is 5.73 Å². The monoisotopic (exact) mass is 287 g/mol. The molecule has 0 bridgehead atoms. The van der Waals surface area contributed by atoms with E-state index in [-0.39, 0.29) is 0 Å². The van der Waals surface area contributed by atoms with Crippen LogP contribution >= 0.6 is 0 Å². The first-order chi connectivity index (χ1) is 10.1. The van der Waals surface area contributed by atoms with Gasteiger partial charge in [0.05, 0.1) is 6.54 Å². The van der Waals surface area contributed by atoms with Crippen LogP contribution in [0.3, 0.4) is 0 Å². The van der Waals surface area contributed by atoms with Crippen LogP contribution in [0.2, 0.25) is 0 Å². The maximum absolute atomic E-state index is 5.67. The predicted molar refractivity (Wildman–Crippen MR) is 86.3 cm³/mol. The van der Waals surface area contributed by atoms with Crippen LogP contribution in [0.25, 0.3) is 0 Å². The number of aryl methyl sites for hydroxylation is 1. The second-order valence-corrected chi connectivity index (χ2v) is 5.61. The van der Waals surface area contributed by atoms with Crippen molar-refractivity contribution >= 4 is 5.69 Å². The number of benzene rings is 1. The Balaban J connectivity index is 2.19. The highest BCUT2D eigenvalue weighted by Gasteiger charge is 2.13. The summed E-state index contributed by atoms with van der Waals surface area (Å²) in [6, 6.07) is 8.90. The van der Waals surface area contributed by atoms with Gasteiger partial charge in [-0.25, -0.2) is 9.67 Å². The van der Waals surface area contributed by atoms with Crippen molar-refractivity contribution in [2.75, 3.05) is 18.0 Å². The van der Waals surface area contributed by atoms with E-state index >= 15 is 0 Å². The highest BCUT2D eigenvalue weighted by atomic mass is 15.4. The fraction of sp³-hybridized carbons (Fsp3) is 0.500. The van der Waals surface area contributed by atoms with Gasteiger partial charge in [-0.15, -0.1) is 0 Å². The molecule has 0 spiro atoms. The van der Waals surface area contributed by atoms with Crippen LogP contribution in [0, 0.1) is 6.92 Å². The fourth-order valence-electron chi connectivity index (χ4n) is 2.33. The number of hydrogen-bond donors (Lipinski definition) is 1. The van der Waals surface area contributed by atoms with E-state index in [1.807, 2.05) is 4.68 Å². The summed E-state index contributed by atoms with van der Waals surface area (Å²) in [5, 5.41) is 4.31. The first-order valence-corrected chi connectivity index (χ1v) is 7.52. The molecule has 0 amide bonds. The van der Waals surface area contributed by atoms with E-state index in [0.717, 1.165) is 25.3 Å². The summed E-state index contributed by atoms with van der Waals surface area (Å²) in [5.74, 6) is 0.989. The number of hydrogen-bond acceptors (Lipinski definition) is 4. The maximum atomic E-state index is 5.67. The van der Waals surface area contributed by atoms with Crippen molar-refractivity contribution < 1.29 is 0 Å². The van der Waals surface area contributed by atoms with Crippen molar-refractivity contribution in [2.45, 2.75) is 39.8 Å². The molecular formula is C16H25N5. The normalized spacial score (nSPS) is 11.1. The van der Waals surface area contributed by atoms with Crippen molar-refractivity contribution in [2.24, 2.45) is 5.73 Å². The molecule has 0 radical (unpaired) electrons. The quantitative estimate of drug-likeness (QED) is 0.850. The molecular weight excluding hydrogens is 262 g/mol. The lowest BCUT2D eigenvalue weighted by Crippen LogP contribution is -2.27.